The van der Waals surface area contributed by atoms with Gasteiger partial charge in [-0.2, -0.15) is 18.3 Å². The van der Waals surface area contributed by atoms with Crippen LogP contribution in [-0.2, 0) is 19.3 Å². The molecule has 8 heteroatoms. The number of hydrogen-bond donors (Lipinski definition) is 1. The highest BCUT2D eigenvalue weighted by atomic mass is 19.4. The number of aryl methyl sites for hydroxylation is 1. The molecule has 1 aromatic carbocycles. The smallest absolute Gasteiger partial charge is 0.322 e. The minimum Gasteiger partial charge on any atom is -0.322 e. The lowest BCUT2D eigenvalue weighted by molar-refractivity contribution is -0.137. The van der Waals surface area contributed by atoms with Gasteiger partial charge in [0, 0.05) is 25.5 Å². The number of carbonyl (C=O) groups is 1. The molecule has 0 spiro atoms. The first-order valence-electron chi connectivity index (χ1n) is 7.01. The molecule has 1 aromatic heterocycles. The lowest BCUT2D eigenvalue weighted by atomic mass is 10.2. The summed E-state index contributed by atoms with van der Waals surface area (Å²) in [7, 11) is 1.57. The highest BCUT2D eigenvalue weighted by Gasteiger charge is 2.30. The number of urea groups is 1. The van der Waals surface area contributed by atoms with Gasteiger partial charge in [-0.1, -0.05) is 6.07 Å². The fraction of sp³-hybridized carbons (Fsp3) is 0.333. The van der Waals surface area contributed by atoms with Crippen molar-refractivity contribution in [2.24, 2.45) is 0 Å². The summed E-state index contributed by atoms with van der Waals surface area (Å²) < 4.78 is 39.7. The molecule has 5 nitrogen and oxygen atoms in total. The number of anilines is 1. The molecule has 0 aliphatic carbocycles. The van der Waals surface area contributed by atoms with Gasteiger partial charge in [0.05, 0.1) is 17.8 Å². The Balaban J connectivity index is 2.04. The van der Waals surface area contributed by atoms with Crippen LogP contribution in [0.3, 0.4) is 0 Å². The van der Waals surface area contributed by atoms with Crippen molar-refractivity contribution in [3.05, 3.63) is 47.8 Å². The van der Waals surface area contributed by atoms with Crippen LogP contribution in [0.5, 0.6) is 0 Å². The van der Waals surface area contributed by atoms with Crippen molar-refractivity contribution in [3.63, 3.8) is 0 Å². The van der Waals surface area contributed by atoms with Crippen molar-refractivity contribution in [2.75, 3.05) is 12.4 Å². The topological polar surface area (TPSA) is 50.2 Å². The molecule has 2 amide bonds. The van der Waals surface area contributed by atoms with E-state index in [1.807, 2.05) is 6.92 Å². The van der Waals surface area contributed by atoms with Crippen LogP contribution in [0.2, 0.25) is 0 Å². The van der Waals surface area contributed by atoms with E-state index >= 15 is 0 Å². The van der Waals surface area contributed by atoms with Crippen LogP contribution in [0.1, 0.15) is 18.2 Å². The third kappa shape index (κ3) is 4.24. The lowest BCUT2D eigenvalue weighted by Crippen LogP contribution is -2.31. The molecule has 1 heterocycles. The van der Waals surface area contributed by atoms with Crippen molar-refractivity contribution >= 4 is 11.7 Å². The molecule has 0 fully saturated rings. The van der Waals surface area contributed by atoms with Crippen LogP contribution in [0.4, 0.5) is 23.7 Å². The van der Waals surface area contributed by atoms with Gasteiger partial charge in [-0.15, -0.1) is 0 Å². The van der Waals surface area contributed by atoms with E-state index in [0.717, 1.165) is 17.8 Å². The molecule has 124 valence electrons. The number of aromatic nitrogens is 2. The first-order chi connectivity index (χ1) is 10.8. The number of halogens is 3. The summed E-state index contributed by atoms with van der Waals surface area (Å²) in [6, 6.07) is 5.83. The standard InChI is InChI=1S/C15H17F3N4O/c1-3-22-13(7-8-19-22)10-21(2)14(23)20-12-6-4-5-11(9-12)15(16,17)18/h4-9H,3,10H2,1-2H3,(H,20,23). The molecule has 0 saturated heterocycles. The van der Waals surface area contributed by atoms with Crippen molar-refractivity contribution in [1.29, 1.82) is 0 Å². The zero-order valence-corrected chi connectivity index (χ0v) is 12.8. The summed E-state index contributed by atoms with van der Waals surface area (Å²) in [6.45, 7) is 2.91. The van der Waals surface area contributed by atoms with Crippen LogP contribution in [0.25, 0.3) is 0 Å². The summed E-state index contributed by atoms with van der Waals surface area (Å²) in [4.78, 5) is 13.5. The quantitative estimate of drug-likeness (QED) is 0.933. The van der Waals surface area contributed by atoms with E-state index < -0.39 is 17.8 Å². The maximum absolute atomic E-state index is 12.7. The summed E-state index contributed by atoms with van der Waals surface area (Å²) >= 11 is 0. The van der Waals surface area contributed by atoms with Crippen LogP contribution >= 0.6 is 0 Å². The largest absolute Gasteiger partial charge is 0.416 e. The predicted molar refractivity (Wildman–Crippen MR) is 79.8 cm³/mol. The Kier molecular flexibility index (Phi) is 4.92. The van der Waals surface area contributed by atoms with Crippen molar-refractivity contribution in [1.82, 2.24) is 14.7 Å². The number of nitrogens with zero attached hydrogens (tertiary/aromatic N) is 3. The molecule has 0 bridgehead atoms. The van der Waals surface area contributed by atoms with E-state index in [9.17, 15) is 18.0 Å². The van der Waals surface area contributed by atoms with Gasteiger partial charge in [-0.05, 0) is 31.2 Å². The van der Waals surface area contributed by atoms with Crippen LogP contribution in [0.15, 0.2) is 36.5 Å². The van der Waals surface area contributed by atoms with Gasteiger partial charge >= 0.3 is 12.2 Å². The summed E-state index contributed by atoms with van der Waals surface area (Å²) in [5, 5.41) is 6.56. The summed E-state index contributed by atoms with van der Waals surface area (Å²) in [6.07, 6.45) is -2.81. The second-order valence-electron chi connectivity index (χ2n) is 5.00. The Labute approximate surface area is 131 Å². The molecule has 1 N–H and O–H groups in total. The van der Waals surface area contributed by atoms with Crippen LogP contribution < -0.4 is 5.32 Å². The Morgan fingerprint density at radius 2 is 2.09 bits per heavy atom. The number of alkyl halides is 3. The summed E-state index contributed by atoms with van der Waals surface area (Å²) in [5.41, 5.74) is 0.136. The monoisotopic (exact) mass is 326 g/mol. The molecule has 0 aliphatic rings. The SMILES string of the molecule is CCn1nccc1CN(C)C(=O)Nc1cccc(C(F)(F)F)c1. The number of benzene rings is 1. The molecule has 0 radical (unpaired) electrons. The second-order valence-corrected chi connectivity index (χ2v) is 5.00. The highest BCUT2D eigenvalue weighted by Crippen LogP contribution is 2.30. The minimum absolute atomic E-state index is 0.0978. The molecule has 0 unspecified atom stereocenters. The van der Waals surface area contributed by atoms with Crippen LogP contribution in [0, 0.1) is 0 Å². The average molecular weight is 326 g/mol. The fourth-order valence-corrected chi connectivity index (χ4v) is 2.09. The Morgan fingerprint density at radius 1 is 1.35 bits per heavy atom. The molecule has 23 heavy (non-hydrogen) atoms. The van der Waals surface area contributed by atoms with E-state index in [0.29, 0.717) is 13.1 Å². The molecule has 0 aliphatic heterocycles. The maximum Gasteiger partial charge on any atom is 0.416 e. The molecule has 2 aromatic rings. The van der Waals surface area contributed by atoms with Gasteiger partial charge in [0.2, 0.25) is 0 Å². The zero-order valence-electron chi connectivity index (χ0n) is 12.8. The normalized spacial score (nSPS) is 11.3. The average Bonchev–Trinajstić information content (AvgIpc) is 2.93. The minimum atomic E-state index is -4.44. The molecule has 0 saturated carbocycles. The van der Waals surface area contributed by atoms with E-state index in [4.69, 9.17) is 0 Å². The number of nitrogens with one attached hydrogen (secondary N) is 1. The van der Waals surface area contributed by atoms with E-state index in [1.165, 1.54) is 17.0 Å². The molecule has 2 rings (SSSR count). The van der Waals surface area contributed by atoms with Crippen molar-refractivity contribution < 1.29 is 18.0 Å². The lowest BCUT2D eigenvalue weighted by Gasteiger charge is -2.19. The third-order valence-corrected chi connectivity index (χ3v) is 3.29. The van der Waals surface area contributed by atoms with E-state index in [1.54, 1.807) is 24.0 Å². The zero-order chi connectivity index (χ0) is 17.0. The second kappa shape index (κ2) is 6.72. The molecular weight excluding hydrogens is 309 g/mol. The number of carbonyl (C=O) groups excluding carboxylic acids is 1. The van der Waals surface area contributed by atoms with Gasteiger partial charge in [0.25, 0.3) is 0 Å². The first kappa shape index (κ1) is 16.9. The van der Waals surface area contributed by atoms with Gasteiger partial charge in [0.1, 0.15) is 0 Å². The number of hydrogen-bond acceptors (Lipinski definition) is 2. The fourth-order valence-electron chi connectivity index (χ4n) is 2.09. The predicted octanol–water partition coefficient (Wildman–Crippen LogP) is 3.59. The maximum atomic E-state index is 12.7. The Bertz CT molecular complexity index is 681. The highest BCUT2D eigenvalue weighted by molar-refractivity contribution is 5.89. The van der Waals surface area contributed by atoms with Gasteiger partial charge in [0.15, 0.2) is 0 Å². The number of rotatable bonds is 4. The van der Waals surface area contributed by atoms with Gasteiger partial charge in [-0.3, -0.25) is 4.68 Å². The molecular formula is C15H17F3N4O. The van der Waals surface area contributed by atoms with Crippen molar-refractivity contribution in [2.45, 2.75) is 26.2 Å². The van der Waals surface area contributed by atoms with E-state index in [-0.39, 0.29) is 5.69 Å². The van der Waals surface area contributed by atoms with Gasteiger partial charge < -0.3 is 10.2 Å². The van der Waals surface area contributed by atoms with Crippen molar-refractivity contribution in [3.8, 4) is 0 Å². The number of amides is 2. The Morgan fingerprint density at radius 3 is 2.74 bits per heavy atom. The summed E-state index contributed by atoms with van der Waals surface area (Å²) in [5.74, 6) is 0. The van der Waals surface area contributed by atoms with Crippen LogP contribution in [-0.4, -0.2) is 27.8 Å². The Hall–Kier alpha value is -2.51. The molecule has 0 atom stereocenters. The van der Waals surface area contributed by atoms with Gasteiger partial charge in [-0.25, -0.2) is 4.79 Å². The van der Waals surface area contributed by atoms with E-state index in [2.05, 4.69) is 10.4 Å². The third-order valence-electron chi connectivity index (χ3n) is 3.29. The first-order valence-corrected chi connectivity index (χ1v) is 7.01.